The van der Waals surface area contributed by atoms with Gasteiger partial charge in [0.2, 0.25) is 5.91 Å². The van der Waals surface area contributed by atoms with Crippen LogP contribution in [0.15, 0.2) is 103 Å². The molecule has 182 valence electrons. The molecular weight excluding hydrogens is 444 g/mol. The first-order valence-electron chi connectivity index (χ1n) is 12.8. The second-order valence-corrected chi connectivity index (χ2v) is 9.37. The Morgan fingerprint density at radius 1 is 0.806 bits per heavy atom. The van der Waals surface area contributed by atoms with Gasteiger partial charge in [-0.2, -0.15) is 0 Å². The highest BCUT2D eigenvalue weighted by Crippen LogP contribution is 2.26. The number of carbonyl (C=O) groups excluding carboxylic acids is 1. The van der Waals surface area contributed by atoms with Crippen molar-refractivity contribution in [1.82, 2.24) is 14.9 Å². The molecule has 0 atom stereocenters. The van der Waals surface area contributed by atoms with Gasteiger partial charge in [-0.1, -0.05) is 91.0 Å². The van der Waals surface area contributed by atoms with Crippen LogP contribution in [-0.4, -0.2) is 40.4 Å². The summed E-state index contributed by atoms with van der Waals surface area (Å²) in [4.78, 5) is 27.0. The SMILES string of the molecule is O=C(C1CCN(c2cc(-c3ccccc3)ncn2)CC1)N(CCc1ccccc1)Cc1ccccc1. The van der Waals surface area contributed by atoms with Crippen LogP contribution < -0.4 is 4.90 Å². The lowest BCUT2D eigenvalue weighted by molar-refractivity contribution is -0.136. The Morgan fingerprint density at radius 3 is 2.08 bits per heavy atom. The first-order chi connectivity index (χ1) is 17.8. The van der Waals surface area contributed by atoms with Crippen molar-refractivity contribution in [2.24, 2.45) is 5.92 Å². The molecule has 1 amide bonds. The highest BCUT2D eigenvalue weighted by atomic mass is 16.2. The van der Waals surface area contributed by atoms with Gasteiger partial charge in [-0.3, -0.25) is 4.79 Å². The van der Waals surface area contributed by atoms with E-state index in [2.05, 4.69) is 74.4 Å². The molecule has 0 aliphatic carbocycles. The number of piperidine rings is 1. The van der Waals surface area contributed by atoms with Crippen molar-refractivity contribution in [3.8, 4) is 11.3 Å². The predicted molar refractivity (Wildman–Crippen MR) is 144 cm³/mol. The molecule has 1 aliphatic heterocycles. The third-order valence-electron chi connectivity index (χ3n) is 6.93. The Kier molecular flexibility index (Phi) is 7.67. The number of nitrogens with zero attached hydrogens (tertiary/aromatic N) is 4. The van der Waals surface area contributed by atoms with E-state index in [1.165, 1.54) is 11.1 Å². The fraction of sp³-hybridized carbons (Fsp3) is 0.258. The third-order valence-corrected chi connectivity index (χ3v) is 6.93. The second kappa shape index (κ2) is 11.6. The number of hydrogen-bond acceptors (Lipinski definition) is 4. The second-order valence-electron chi connectivity index (χ2n) is 9.37. The fourth-order valence-electron chi connectivity index (χ4n) is 4.88. The van der Waals surface area contributed by atoms with E-state index >= 15 is 0 Å². The van der Waals surface area contributed by atoms with E-state index in [0.29, 0.717) is 6.54 Å². The summed E-state index contributed by atoms with van der Waals surface area (Å²) >= 11 is 0. The summed E-state index contributed by atoms with van der Waals surface area (Å²) in [5.41, 5.74) is 4.44. The molecule has 4 aromatic rings. The summed E-state index contributed by atoms with van der Waals surface area (Å²) in [5, 5.41) is 0. The Morgan fingerprint density at radius 2 is 1.42 bits per heavy atom. The molecule has 5 nitrogen and oxygen atoms in total. The van der Waals surface area contributed by atoms with Gasteiger partial charge in [-0.05, 0) is 30.4 Å². The molecule has 0 spiro atoms. The number of aromatic nitrogens is 2. The third kappa shape index (κ3) is 5.98. The quantitative estimate of drug-likeness (QED) is 0.331. The highest BCUT2D eigenvalue weighted by molar-refractivity contribution is 5.79. The number of benzene rings is 3. The maximum absolute atomic E-state index is 13.7. The van der Waals surface area contributed by atoms with Crippen LogP contribution in [-0.2, 0) is 17.8 Å². The topological polar surface area (TPSA) is 49.3 Å². The minimum absolute atomic E-state index is 0.0381. The molecule has 1 aromatic heterocycles. The van der Waals surface area contributed by atoms with Gasteiger partial charge in [-0.15, -0.1) is 0 Å². The van der Waals surface area contributed by atoms with Crippen molar-refractivity contribution in [1.29, 1.82) is 0 Å². The normalized spacial score (nSPS) is 13.9. The van der Waals surface area contributed by atoms with Gasteiger partial charge in [0.15, 0.2) is 0 Å². The molecule has 0 unspecified atom stereocenters. The largest absolute Gasteiger partial charge is 0.356 e. The zero-order valence-corrected chi connectivity index (χ0v) is 20.5. The molecule has 0 bridgehead atoms. The average molecular weight is 477 g/mol. The number of anilines is 1. The van der Waals surface area contributed by atoms with Gasteiger partial charge in [-0.25, -0.2) is 9.97 Å². The molecule has 5 rings (SSSR count). The van der Waals surface area contributed by atoms with E-state index < -0.39 is 0 Å². The number of rotatable bonds is 8. The van der Waals surface area contributed by atoms with Crippen LogP contribution in [0.25, 0.3) is 11.3 Å². The van der Waals surface area contributed by atoms with Crippen molar-refractivity contribution in [2.75, 3.05) is 24.5 Å². The highest BCUT2D eigenvalue weighted by Gasteiger charge is 2.29. The Hall–Kier alpha value is -3.99. The van der Waals surface area contributed by atoms with Crippen LogP contribution in [0.1, 0.15) is 24.0 Å². The van der Waals surface area contributed by atoms with Crippen LogP contribution in [0, 0.1) is 5.92 Å². The zero-order valence-electron chi connectivity index (χ0n) is 20.5. The lowest BCUT2D eigenvalue weighted by Gasteiger charge is -2.35. The van der Waals surface area contributed by atoms with Gasteiger partial charge in [0.1, 0.15) is 12.1 Å². The van der Waals surface area contributed by atoms with Crippen LogP contribution in [0.3, 0.4) is 0 Å². The molecule has 0 radical (unpaired) electrons. The van der Waals surface area contributed by atoms with E-state index in [-0.39, 0.29) is 11.8 Å². The van der Waals surface area contributed by atoms with Crippen molar-refractivity contribution in [3.05, 3.63) is 115 Å². The van der Waals surface area contributed by atoms with Crippen LogP contribution >= 0.6 is 0 Å². The Labute approximate surface area is 213 Å². The molecule has 0 N–H and O–H groups in total. The van der Waals surface area contributed by atoms with E-state index in [1.54, 1.807) is 6.33 Å². The smallest absolute Gasteiger partial charge is 0.226 e. The fourth-order valence-corrected chi connectivity index (χ4v) is 4.88. The monoisotopic (exact) mass is 476 g/mol. The molecule has 1 fully saturated rings. The molecule has 36 heavy (non-hydrogen) atoms. The van der Waals surface area contributed by atoms with Crippen LogP contribution in [0.5, 0.6) is 0 Å². The average Bonchev–Trinajstić information content (AvgIpc) is 2.96. The lowest BCUT2D eigenvalue weighted by atomic mass is 9.94. The minimum atomic E-state index is 0.0381. The molecule has 5 heteroatoms. The van der Waals surface area contributed by atoms with Gasteiger partial charge < -0.3 is 9.80 Å². The maximum Gasteiger partial charge on any atom is 0.226 e. The molecular formula is C31H32N4O. The summed E-state index contributed by atoms with van der Waals surface area (Å²) in [7, 11) is 0. The molecule has 2 heterocycles. The van der Waals surface area contributed by atoms with Crippen molar-refractivity contribution in [3.63, 3.8) is 0 Å². The standard InChI is InChI=1S/C31H32N4O/c36-31(35(23-26-12-6-2-7-13-26)19-16-25-10-4-1-5-11-25)28-17-20-34(21-18-28)30-22-29(32-24-33-30)27-14-8-3-9-15-27/h1-15,22,24,28H,16-21,23H2. The Bertz CT molecular complexity index is 1240. The summed E-state index contributed by atoms with van der Waals surface area (Å²) in [6.45, 7) is 3.02. The van der Waals surface area contributed by atoms with Crippen molar-refractivity contribution in [2.45, 2.75) is 25.8 Å². The van der Waals surface area contributed by atoms with Gasteiger partial charge in [0.05, 0.1) is 5.69 Å². The first kappa shape index (κ1) is 23.7. The van der Waals surface area contributed by atoms with E-state index in [4.69, 9.17) is 0 Å². The predicted octanol–water partition coefficient (Wildman–Crippen LogP) is 5.63. The molecule has 0 saturated carbocycles. The van der Waals surface area contributed by atoms with Crippen molar-refractivity contribution < 1.29 is 4.79 Å². The Balaban J connectivity index is 1.24. The molecule has 1 aliphatic rings. The van der Waals surface area contributed by atoms with Crippen LogP contribution in [0.4, 0.5) is 5.82 Å². The van der Waals surface area contributed by atoms with E-state index in [0.717, 1.165) is 56.0 Å². The van der Waals surface area contributed by atoms with Gasteiger partial charge in [0.25, 0.3) is 0 Å². The summed E-state index contributed by atoms with van der Waals surface area (Å²) in [6.07, 6.45) is 4.17. The number of hydrogen-bond donors (Lipinski definition) is 0. The first-order valence-corrected chi connectivity index (χ1v) is 12.8. The van der Waals surface area contributed by atoms with Crippen molar-refractivity contribution >= 4 is 11.7 Å². The molecule has 1 saturated heterocycles. The maximum atomic E-state index is 13.7. The zero-order chi connectivity index (χ0) is 24.6. The number of amides is 1. The number of carbonyl (C=O) groups is 1. The van der Waals surface area contributed by atoms with E-state index in [9.17, 15) is 4.79 Å². The summed E-state index contributed by atoms with van der Waals surface area (Å²) in [6, 6.07) is 33.0. The van der Waals surface area contributed by atoms with Gasteiger partial charge in [0, 0.05) is 43.7 Å². The van der Waals surface area contributed by atoms with E-state index in [1.807, 2.05) is 42.5 Å². The lowest BCUT2D eigenvalue weighted by Crippen LogP contribution is -2.43. The van der Waals surface area contributed by atoms with Crippen LogP contribution in [0.2, 0.25) is 0 Å². The summed E-state index contributed by atoms with van der Waals surface area (Å²) in [5.74, 6) is 1.23. The minimum Gasteiger partial charge on any atom is -0.356 e. The molecule has 3 aromatic carbocycles. The van der Waals surface area contributed by atoms with Gasteiger partial charge >= 0.3 is 0 Å². The summed E-state index contributed by atoms with van der Waals surface area (Å²) < 4.78 is 0.